The number of thioether (sulfide) groups is 1. The molecular weight excluding hydrogens is 300 g/mol. The van der Waals surface area contributed by atoms with Crippen molar-refractivity contribution in [1.29, 1.82) is 0 Å². The summed E-state index contributed by atoms with van der Waals surface area (Å²) in [7, 11) is 0. The van der Waals surface area contributed by atoms with E-state index in [1.165, 1.54) is 12.8 Å². The van der Waals surface area contributed by atoms with Gasteiger partial charge in [-0.15, -0.1) is 0 Å². The van der Waals surface area contributed by atoms with Gasteiger partial charge in [0, 0.05) is 17.8 Å². The van der Waals surface area contributed by atoms with E-state index in [4.69, 9.17) is 10.2 Å². The zero-order valence-electron chi connectivity index (χ0n) is 13.1. The highest BCUT2D eigenvalue weighted by Gasteiger charge is 2.24. The number of carbonyl (C=O) groups excluding carboxylic acids is 1. The van der Waals surface area contributed by atoms with Crippen molar-refractivity contribution in [3.8, 4) is 0 Å². The fourth-order valence-electron chi connectivity index (χ4n) is 2.55. The number of rotatable bonds is 6. The minimum absolute atomic E-state index is 0.168. The van der Waals surface area contributed by atoms with E-state index >= 15 is 0 Å². The largest absolute Gasteiger partial charge is 0.454 e. The average molecular weight is 324 g/mol. The molecule has 0 radical (unpaired) electrons. The monoisotopic (exact) mass is 324 g/mol. The van der Waals surface area contributed by atoms with Gasteiger partial charge in [-0.3, -0.25) is 4.79 Å². The fraction of sp³-hybridized carbons (Fsp3) is 0.600. The van der Waals surface area contributed by atoms with Crippen LogP contribution >= 0.6 is 11.8 Å². The van der Waals surface area contributed by atoms with Crippen molar-refractivity contribution in [2.75, 3.05) is 12.8 Å². The Morgan fingerprint density at radius 2 is 2.32 bits per heavy atom. The van der Waals surface area contributed by atoms with E-state index in [0.29, 0.717) is 18.3 Å². The SMILES string of the molecule is CCNC(=NCc1ccc(C(N)=O)o1)NC1CCC(SC)C1. The number of carbonyl (C=O) groups is 1. The number of furan rings is 1. The van der Waals surface area contributed by atoms with Gasteiger partial charge in [-0.05, 0) is 44.6 Å². The summed E-state index contributed by atoms with van der Waals surface area (Å²) in [6, 6.07) is 3.77. The number of guanidine groups is 1. The summed E-state index contributed by atoms with van der Waals surface area (Å²) in [5.74, 6) is 1.02. The van der Waals surface area contributed by atoms with Gasteiger partial charge in [0.25, 0.3) is 5.91 Å². The van der Waals surface area contributed by atoms with Crippen LogP contribution in [0.2, 0.25) is 0 Å². The van der Waals surface area contributed by atoms with Gasteiger partial charge in [0.05, 0.1) is 0 Å². The molecule has 0 aromatic carbocycles. The molecule has 6 nitrogen and oxygen atoms in total. The highest BCUT2D eigenvalue weighted by molar-refractivity contribution is 7.99. The Hall–Kier alpha value is -1.63. The minimum Gasteiger partial charge on any atom is -0.454 e. The molecule has 22 heavy (non-hydrogen) atoms. The van der Waals surface area contributed by atoms with Crippen LogP contribution in [-0.2, 0) is 6.54 Å². The van der Waals surface area contributed by atoms with Crippen molar-refractivity contribution in [3.05, 3.63) is 23.7 Å². The molecule has 1 heterocycles. The zero-order valence-corrected chi connectivity index (χ0v) is 13.9. The molecule has 1 saturated carbocycles. The van der Waals surface area contributed by atoms with Crippen molar-refractivity contribution in [3.63, 3.8) is 0 Å². The summed E-state index contributed by atoms with van der Waals surface area (Å²) in [6.45, 7) is 3.21. The van der Waals surface area contributed by atoms with Gasteiger partial charge in [-0.2, -0.15) is 11.8 Å². The predicted molar refractivity (Wildman–Crippen MR) is 90.1 cm³/mol. The topological polar surface area (TPSA) is 92.6 Å². The summed E-state index contributed by atoms with van der Waals surface area (Å²) in [6.07, 6.45) is 5.75. The minimum atomic E-state index is -0.561. The van der Waals surface area contributed by atoms with E-state index in [9.17, 15) is 4.79 Å². The molecule has 2 unspecified atom stereocenters. The first-order valence-corrected chi connectivity index (χ1v) is 8.87. The Labute approximate surface area is 135 Å². The molecule has 1 aromatic rings. The Morgan fingerprint density at radius 3 is 2.91 bits per heavy atom. The Bertz CT molecular complexity index is 529. The quantitative estimate of drug-likeness (QED) is 0.547. The molecular formula is C15H24N4O2S. The van der Waals surface area contributed by atoms with Crippen LogP contribution in [-0.4, -0.2) is 36.0 Å². The predicted octanol–water partition coefficient (Wildman–Crippen LogP) is 1.72. The summed E-state index contributed by atoms with van der Waals surface area (Å²) in [4.78, 5) is 15.5. The van der Waals surface area contributed by atoms with Crippen LogP contribution < -0.4 is 16.4 Å². The first-order valence-electron chi connectivity index (χ1n) is 7.58. The molecule has 122 valence electrons. The van der Waals surface area contributed by atoms with Gasteiger partial charge >= 0.3 is 0 Å². The van der Waals surface area contributed by atoms with Gasteiger partial charge in [0.2, 0.25) is 0 Å². The Balaban J connectivity index is 1.93. The maximum Gasteiger partial charge on any atom is 0.284 e. The number of nitrogens with two attached hydrogens (primary N) is 1. The lowest BCUT2D eigenvalue weighted by Gasteiger charge is -2.17. The third-order valence-corrected chi connectivity index (χ3v) is 4.80. The average Bonchev–Trinajstić information content (AvgIpc) is 3.14. The highest BCUT2D eigenvalue weighted by atomic mass is 32.2. The van der Waals surface area contributed by atoms with E-state index in [-0.39, 0.29) is 5.76 Å². The molecule has 1 aromatic heterocycles. The molecule has 1 aliphatic rings. The lowest BCUT2D eigenvalue weighted by molar-refractivity contribution is 0.0972. The smallest absolute Gasteiger partial charge is 0.284 e. The van der Waals surface area contributed by atoms with Crippen molar-refractivity contribution in [1.82, 2.24) is 10.6 Å². The molecule has 1 amide bonds. The van der Waals surface area contributed by atoms with E-state index in [0.717, 1.165) is 24.2 Å². The van der Waals surface area contributed by atoms with Crippen LogP contribution in [0.1, 0.15) is 42.5 Å². The lowest BCUT2D eigenvalue weighted by Crippen LogP contribution is -2.42. The number of amides is 1. The van der Waals surface area contributed by atoms with E-state index in [2.05, 4.69) is 21.9 Å². The van der Waals surface area contributed by atoms with Gasteiger partial charge < -0.3 is 20.8 Å². The first kappa shape index (κ1) is 16.7. The van der Waals surface area contributed by atoms with Gasteiger partial charge in [0.1, 0.15) is 12.3 Å². The first-order chi connectivity index (χ1) is 10.6. The van der Waals surface area contributed by atoms with Crippen molar-refractivity contribution >= 4 is 23.6 Å². The number of primary amides is 1. The molecule has 2 rings (SSSR count). The van der Waals surface area contributed by atoms with Crippen LogP contribution in [0, 0.1) is 0 Å². The molecule has 0 saturated heterocycles. The maximum absolute atomic E-state index is 11.0. The van der Waals surface area contributed by atoms with Crippen LogP contribution in [0.25, 0.3) is 0 Å². The summed E-state index contributed by atoms with van der Waals surface area (Å²) < 4.78 is 5.34. The number of hydrogen-bond donors (Lipinski definition) is 3. The summed E-state index contributed by atoms with van der Waals surface area (Å²) in [5, 5.41) is 7.45. The lowest BCUT2D eigenvalue weighted by atomic mass is 10.2. The van der Waals surface area contributed by atoms with E-state index in [1.54, 1.807) is 12.1 Å². The molecule has 7 heteroatoms. The molecule has 0 spiro atoms. The summed E-state index contributed by atoms with van der Waals surface area (Å²) >= 11 is 1.93. The van der Waals surface area contributed by atoms with Crippen LogP contribution in [0.3, 0.4) is 0 Å². The van der Waals surface area contributed by atoms with E-state index in [1.807, 2.05) is 18.7 Å². The maximum atomic E-state index is 11.0. The Kier molecular flexibility index (Phi) is 6.18. The Morgan fingerprint density at radius 1 is 1.50 bits per heavy atom. The number of nitrogens with zero attached hydrogens (tertiary/aromatic N) is 1. The third-order valence-electron chi connectivity index (χ3n) is 3.70. The van der Waals surface area contributed by atoms with Crippen molar-refractivity contribution in [2.24, 2.45) is 10.7 Å². The summed E-state index contributed by atoms with van der Waals surface area (Å²) in [5.41, 5.74) is 5.17. The van der Waals surface area contributed by atoms with Crippen molar-refractivity contribution < 1.29 is 9.21 Å². The van der Waals surface area contributed by atoms with Gasteiger partial charge in [-0.1, -0.05) is 0 Å². The number of aliphatic imine (C=N–C) groups is 1. The van der Waals surface area contributed by atoms with Gasteiger partial charge in [0.15, 0.2) is 11.7 Å². The highest BCUT2D eigenvalue weighted by Crippen LogP contribution is 2.28. The fourth-order valence-corrected chi connectivity index (χ4v) is 3.35. The molecule has 4 N–H and O–H groups in total. The zero-order chi connectivity index (χ0) is 15.9. The molecule has 0 aliphatic heterocycles. The van der Waals surface area contributed by atoms with Crippen LogP contribution in [0.5, 0.6) is 0 Å². The van der Waals surface area contributed by atoms with Crippen molar-refractivity contribution in [2.45, 2.75) is 44.0 Å². The third kappa shape index (κ3) is 4.69. The van der Waals surface area contributed by atoms with Crippen LogP contribution in [0.15, 0.2) is 21.5 Å². The standard InChI is InChI=1S/C15H24N4O2S/c1-3-17-15(19-10-4-6-12(8-10)22-2)18-9-11-5-7-13(21-11)14(16)20/h5,7,10,12H,3-4,6,8-9H2,1-2H3,(H2,16,20)(H2,17,18,19). The van der Waals surface area contributed by atoms with Gasteiger partial charge in [-0.25, -0.2) is 4.99 Å². The molecule has 1 aliphatic carbocycles. The number of hydrogen-bond acceptors (Lipinski definition) is 4. The normalized spacial score (nSPS) is 21.8. The second-order valence-corrected chi connectivity index (χ2v) is 6.48. The molecule has 1 fully saturated rings. The number of nitrogens with one attached hydrogen (secondary N) is 2. The second kappa shape index (κ2) is 8.12. The van der Waals surface area contributed by atoms with E-state index < -0.39 is 5.91 Å². The molecule has 0 bridgehead atoms. The van der Waals surface area contributed by atoms with Crippen LogP contribution in [0.4, 0.5) is 0 Å². The second-order valence-electron chi connectivity index (χ2n) is 5.34. The molecule has 2 atom stereocenters.